The number of nitrogens with zero attached hydrogens (tertiary/aromatic N) is 4. The van der Waals surface area contributed by atoms with Gasteiger partial charge in [0.05, 0.1) is 26.0 Å². The van der Waals surface area contributed by atoms with Crippen LogP contribution in [0, 0.1) is 0 Å². The quantitative estimate of drug-likeness (QED) is 0.574. The van der Waals surface area contributed by atoms with Gasteiger partial charge in [0.15, 0.2) is 0 Å². The molecule has 27 heavy (non-hydrogen) atoms. The van der Waals surface area contributed by atoms with Crippen LogP contribution >= 0.6 is 11.6 Å². The van der Waals surface area contributed by atoms with E-state index in [1.165, 1.54) is 0 Å². The second-order valence-electron chi connectivity index (χ2n) is 6.61. The van der Waals surface area contributed by atoms with Crippen LogP contribution in [0.4, 0.5) is 5.82 Å². The van der Waals surface area contributed by atoms with Crippen molar-refractivity contribution in [3.63, 3.8) is 0 Å². The van der Waals surface area contributed by atoms with Crippen LogP contribution < -0.4 is 9.64 Å². The van der Waals surface area contributed by atoms with Gasteiger partial charge in [-0.3, -0.25) is 4.90 Å². The van der Waals surface area contributed by atoms with Gasteiger partial charge in [-0.1, -0.05) is 12.1 Å². The van der Waals surface area contributed by atoms with Crippen LogP contribution in [0.5, 0.6) is 5.75 Å². The van der Waals surface area contributed by atoms with Crippen molar-refractivity contribution in [2.45, 2.75) is 19.1 Å². The molecule has 0 amide bonds. The molecule has 7 nitrogen and oxygen atoms in total. The van der Waals surface area contributed by atoms with Crippen molar-refractivity contribution in [2.24, 2.45) is 0 Å². The standard InChI is InChI=1S/C19H21ClN4O3/c1-26-14-4-2-13(3-5-14)10-24-11-15-17(16(24)12-25)21-19(20)22-18(15)23-6-8-27-9-7-23/h2-5,12,16H,6-11H2,1H3. The van der Waals surface area contributed by atoms with Crippen LogP contribution in [0.1, 0.15) is 22.9 Å². The Morgan fingerprint density at radius 3 is 2.67 bits per heavy atom. The number of hydrogen-bond acceptors (Lipinski definition) is 7. The molecule has 0 bridgehead atoms. The number of fused-ring (bicyclic) bond motifs is 1. The van der Waals surface area contributed by atoms with Crippen LogP contribution in [0.2, 0.25) is 5.28 Å². The molecule has 4 rings (SSSR count). The van der Waals surface area contributed by atoms with Crippen LogP contribution in [0.15, 0.2) is 24.3 Å². The molecule has 0 N–H and O–H groups in total. The van der Waals surface area contributed by atoms with Gasteiger partial charge in [-0.15, -0.1) is 0 Å². The normalized spacial score (nSPS) is 19.8. The van der Waals surface area contributed by atoms with Gasteiger partial charge in [0, 0.05) is 31.7 Å². The van der Waals surface area contributed by atoms with E-state index >= 15 is 0 Å². The Labute approximate surface area is 162 Å². The average Bonchev–Trinajstić information content (AvgIpc) is 3.05. The molecule has 2 aromatic rings. The highest BCUT2D eigenvalue weighted by molar-refractivity contribution is 6.28. The van der Waals surface area contributed by atoms with Crippen LogP contribution in [0.3, 0.4) is 0 Å². The third-order valence-corrected chi connectivity index (χ3v) is 5.18. The fourth-order valence-corrected chi connectivity index (χ4v) is 3.81. The number of anilines is 1. The Morgan fingerprint density at radius 2 is 2.00 bits per heavy atom. The van der Waals surface area contributed by atoms with Crippen LogP contribution in [-0.2, 0) is 22.6 Å². The van der Waals surface area contributed by atoms with Gasteiger partial charge >= 0.3 is 0 Å². The zero-order valence-electron chi connectivity index (χ0n) is 15.1. The van der Waals surface area contributed by atoms with Crippen molar-refractivity contribution in [2.75, 3.05) is 38.3 Å². The highest BCUT2D eigenvalue weighted by Gasteiger charge is 2.36. The molecule has 1 unspecified atom stereocenters. The minimum Gasteiger partial charge on any atom is -0.497 e. The first-order valence-corrected chi connectivity index (χ1v) is 9.28. The maximum absolute atomic E-state index is 11.9. The molecule has 0 spiro atoms. The van der Waals surface area contributed by atoms with Gasteiger partial charge in [-0.2, -0.15) is 0 Å². The Morgan fingerprint density at radius 1 is 1.26 bits per heavy atom. The minimum absolute atomic E-state index is 0.174. The predicted octanol–water partition coefficient (Wildman–Crippen LogP) is 2.23. The number of morpholine rings is 1. The maximum Gasteiger partial charge on any atom is 0.224 e. The lowest BCUT2D eigenvalue weighted by atomic mass is 10.1. The van der Waals surface area contributed by atoms with E-state index in [-0.39, 0.29) is 5.28 Å². The number of aldehydes is 1. The van der Waals surface area contributed by atoms with E-state index in [4.69, 9.17) is 21.1 Å². The van der Waals surface area contributed by atoms with Gasteiger partial charge in [0.1, 0.15) is 23.9 Å². The Hall–Kier alpha value is -2.22. The summed E-state index contributed by atoms with van der Waals surface area (Å²) in [7, 11) is 1.64. The van der Waals surface area contributed by atoms with E-state index < -0.39 is 6.04 Å². The van der Waals surface area contributed by atoms with Crippen molar-refractivity contribution in [1.82, 2.24) is 14.9 Å². The average molecular weight is 389 g/mol. The van der Waals surface area contributed by atoms with Crippen molar-refractivity contribution in [3.05, 3.63) is 46.4 Å². The summed E-state index contributed by atoms with van der Waals surface area (Å²) >= 11 is 6.18. The lowest BCUT2D eigenvalue weighted by molar-refractivity contribution is -0.112. The molecule has 2 aliphatic heterocycles. The van der Waals surface area contributed by atoms with E-state index in [9.17, 15) is 4.79 Å². The molecule has 8 heteroatoms. The van der Waals surface area contributed by atoms with E-state index in [1.54, 1.807) is 7.11 Å². The van der Waals surface area contributed by atoms with E-state index in [1.807, 2.05) is 24.3 Å². The third kappa shape index (κ3) is 3.63. The summed E-state index contributed by atoms with van der Waals surface area (Å²) < 4.78 is 10.6. The van der Waals surface area contributed by atoms with Crippen molar-refractivity contribution < 1.29 is 14.3 Å². The summed E-state index contributed by atoms with van der Waals surface area (Å²) in [5.41, 5.74) is 2.79. The smallest absolute Gasteiger partial charge is 0.224 e. The van der Waals surface area contributed by atoms with E-state index in [2.05, 4.69) is 19.8 Å². The molecular formula is C19H21ClN4O3. The predicted molar refractivity (Wildman–Crippen MR) is 101 cm³/mol. The molecular weight excluding hydrogens is 368 g/mol. The second-order valence-corrected chi connectivity index (χ2v) is 6.95. The van der Waals surface area contributed by atoms with Crippen LogP contribution in [-0.4, -0.2) is 54.6 Å². The number of aromatic nitrogens is 2. The number of carbonyl (C=O) groups is 1. The van der Waals surface area contributed by atoms with Gasteiger partial charge in [0.25, 0.3) is 0 Å². The molecule has 1 aromatic carbocycles. The zero-order chi connectivity index (χ0) is 18.8. The first-order chi connectivity index (χ1) is 13.2. The number of rotatable bonds is 5. The summed E-state index contributed by atoms with van der Waals surface area (Å²) in [6.07, 6.45) is 0.932. The zero-order valence-corrected chi connectivity index (χ0v) is 15.9. The first kappa shape index (κ1) is 18.2. The molecule has 142 valence electrons. The monoisotopic (exact) mass is 388 g/mol. The summed E-state index contributed by atoms with van der Waals surface area (Å²) in [6.45, 7) is 4.05. The van der Waals surface area contributed by atoms with E-state index in [0.717, 1.165) is 42.1 Å². The number of methoxy groups -OCH3 is 1. The molecule has 0 saturated carbocycles. The van der Waals surface area contributed by atoms with Gasteiger partial charge < -0.3 is 19.2 Å². The number of benzene rings is 1. The first-order valence-electron chi connectivity index (χ1n) is 8.91. The summed E-state index contributed by atoms with van der Waals surface area (Å²) in [5.74, 6) is 1.63. The van der Waals surface area contributed by atoms with Gasteiger partial charge in [-0.25, -0.2) is 9.97 Å². The Bertz CT molecular complexity index is 824. The lowest BCUT2D eigenvalue weighted by Gasteiger charge is -2.29. The van der Waals surface area contributed by atoms with E-state index in [0.29, 0.717) is 32.0 Å². The number of hydrogen-bond donors (Lipinski definition) is 0. The van der Waals surface area contributed by atoms with Gasteiger partial charge in [0.2, 0.25) is 5.28 Å². The fraction of sp³-hybridized carbons (Fsp3) is 0.421. The third-order valence-electron chi connectivity index (χ3n) is 5.01. The molecule has 1 fully saturated rings. The van der Waals surface area contributed by atoms with Gasteiger partial charge in [-0.05, 0) is 29.3 Å². The van der Waals surface area contributed by atoms with Crippen LogP contribution in [0.25, 0.3) is 0 Å². The molecule has 0 aliphatic carbocycles. The minimum atomic E-state index is -0.428. The number of ether oxygens (including phenoxy) is 2. The summed E-state index contributed by atoms with van der Waals surface area (Å²) in [6, 6.07) is 7.42. The molecule has 1 aromatic heterocycles. The molecule has 1 atom stereocenters. The topological polar surface area (TPSA) is 67.8 Å². The Balaban J connectivity index is 1.62. The number of halogens is 1. The number of carbonyl (C=O) groups excluding carboxylic acids is 1. The largest absolute Gasteiger partial charge is 0.497 e. The molecule has 2 aliphatic rings. The second kappa shape index (κ2) is 7.80. The highest BCUT2D eigenvalue weighted by Crippen LogP contribution is 2.38. The maximum atomic E-state index is 11.9. The van der Waals surface area contributed by atoms with Crippen molar-refractivity contribution >= 4 is 23.7 Å². The SMILES string of the molecule is COc1ccc(CN2Cc3c(nc(Cl)nc3N3CCOCC3)C2C=O)cc1. The highest BCUT2D eigenvalue weighted by atomic mass is 35.5. The molecule has 3 heterocycles. The Kier molecular flexibility index (Phi) is 5.24. The molecule has 0 radical (unpaired) electrons. The fourth-order valence-electron chi connectivity index (χ4n) is 3.64. The van der Waals surface area contributed by atoms with Crippen molar-refractivity contribution in [1.29, 1.82) is 0 Å². The summed E-state index contributed by atoms with van der Waals surface area (Å²) in [5, 5.41) is 0.174. The summed E-state index contributed by atoms with van der Waals surface area (Å²) in [4.78, 5) is 25.0. The lowest BCUT2D eigenvalue weighted by Crippen LogP contribution is -2.37. The van der Waals surface area contributed by atoms with Crippen molar-refractivity contribution in [3.8, 4) is 5.75 Å². The molecule has 1 saturated heterocycles.